The molecule has 8 nitrogen and oxygen atoms in total. The number of allylic oxidation sites excluding steroid dienone is 23. The number of carbonyl (C=O) groups is 1. The number of quaternary nitrogens is 1. The van der Waals surface area contributed by atoms with Gasteiger partial charge in [-0.2, -0.15) is 0 Å². The molecular weight excluding hydrogens is 972 g/mol. The van der Waals surface area contributed by atoms with Crippen molar-refractivity contribution in [2.75, 3.05) is 40.9 Å². The quantitative estimate of drug-likeness (QED) is 0.0243. The molecule has 0 spiro atoms. The van der Waals surface area contributed by atoms with Gasteiger partial charge in [0.25, 0.3) is 0 Å². The molecule has 9 heteroatoms. The second-order valence-electron chi connectivity index (χ2n) is 21.3. The molecule has 0 saturated heterocycles. The lowest BCUT2D eigenvalue weighted by atomic mass is 10.1. The van der Waals surface area contributed by atoms with E-state index >= 15 is 0 Å². The monoisotopic (exact) mass is 1090 g/mol. The Labute approximate surface area is 474 Å². The fraction of sp³-hybridized carbons (Fsp3) is 0.632. The Balaban J connectivity index is 4.28. The minimum Gasteiger partial charge on any atom is -0.387 e. The largest absolute Gasteiger partial charge is 0.472 e. The number of rotatable bonds is 54. The average Bonchev–Trinajstić information content (AvgIpc) is 3.39. The van der Waals surface area contributed by atoms with E-state index in [1.54, 1.807) is 6.08 Å². The van der Waals surface area contributed by atoms with Gasteiger partial charge in [0, 0.05) is 6.42 Å². The number of phosphoric acid groups is 1. The first-order valence-corrected chi connectivity index (χ1v) is 32.2. The molecule has 1 amide bonds. The Morgan fingerprint density at radius 2 is 0.792 bits per heavy atom. The van der Waals surface area contributed by atoms with Crippen molar-refractivity contribution >= 4 is 13.7 Å². The third-order valence-corrected chi connectivity index (χ3v) is 13.8. The highest BCUT2D eigenvalue weighted by atomic mass is 31.2. The van der Waals surface area contributed by atoms with Crippen molar-refractivity contribution in [1.29, 1.82) is 0 Å². The van der Waals surface area contributed by atoms with Crippen molar-refractivity contribution in [2.45, 2.75) is 238 Å². The van der Waals surface area contributed by atoms with E-state index in [-0.39, 0.29) is 19.1 Å². The number of phosphoric ester groups is 1. The number of amides is 1. The van der Waals surface area contributed by atoms with Gasteiger partial charge < -0.3 is 19.8 Å². The van der Waals surface area contributed by atoms with Crippen molar-refractivity contribution in [2.24, 2.45) is 0 Å². The van der Waals surface area contributed by atoms with E-state index in [1.807, 2.05) is 27.2 Å². The summed E-state index contributed by atoms with van der Waals surface area (Å²) >= 11 is 0. The van der Waals surface area contributed by atoms with Gasteiger partial charge in [-0.25, -0.2) is 4.57 Å². The predicted molar refractivity (Wildman–Crippen MR) is 336 cm³/mol. The van der Waals surface area contributed by atoms with Gasteiger partial charge in [-0.05, 0) is 116 Å². The van der Waals surface area contributed by atoms with E-state index in [0.29, 0.717) is 17.4 Å². The molecule has 0 aliphatic rings. The zero-order chi connectivity index (χ0) is 56.3. The van der Waals surface area contributed by atoms with Gasteiger partial charge in [-0.1, -0.05) is 250 Å². The van der Waals surface area contributed by atoms with E-state index in [1.165, 1.54) is 89.9 Å². The van der Waals surface area contributed by atoms with Crippen molar-refractivity contribution < 1.29 is 32.9 Å². The van der Waals surface area contributed by atoms with Crippen LogP contribution in [-0.4, -0.2) is 73.4 Å². The van der Waals surface area contributed by atoms with Crippen molar-refractivity contribution in [3.63, 3.8) is 0 Å². The molecule has 0 aromatic rings. The lowest BCUT2D eigenvalue weighted by Gasteiger charge is -2.25. The smallest absolute Gasteiger partial charge is 0.387 e. The summed E-state index contributed by atoms with van der Waals surface area (Å²) in [6.07, 6.45) is 88.1. The number of likely N-dealkylation sites (N-methyl/N-ethyl adjacent to an activating group) is 1. The zero-order valence-corrected chi connectivity index (χ0v) is 50.8. The molecule has 3 N–H and O–H groups in total. The Morgan fingerprint density at radius 3 is 1.19 bits per heavy atom. The van der Waals surface area contributed by atoms with Gasteiger partial charge >= 0.3 is 7.82 Å². The highest BCUT2D eigenvalue weighted by Gasteiger charge is 2.27. The molecule has 0 aromatic carbocycles. The third kappa shape index (κ3) is 59.9. The standard InChI is InChI=1S/C68H115N2O6P/c1-6-8-10-12-14-16-18-20-22-24-26-28-29-30-31-32-33-34-35-36-37-38-39-40-41-42-44-46-48-50-52-54-56-58-60-62-68(72)69-66(65-76-77(73,74)75-64-63-70(3,4)5)67(71)61-59-57-55-53-51-49-47-45-43-27-25-23-21-19-17-15-13-11-9-7-2/h8,10,14,16,20,22,26,28,30-31,33-34,36-37,39-40,42-45,51,53,59,61,66-67,71H,6-7,9,11-13,15,17-19,21,23-25,27,29,32,35,38,41,46-50,52,54-58,60,62-65H2,1-5H3,(H-,69,72,73,74)/p+1/b10-8-,16-14-,22-20-,28-26-,31-30-,34-33-,37-36-,40-39-,44-42-,45-43+,53-51+,61-59+. The number of carbonyl (C=O) groups excluding carboxylic acids is 1. The molecule has 438 valence electrons. The molecular formula is C68H116N2O6P+. The van der Waals surface area contributed by atoms with E-state index in [0.717, 1.165) is 116 Å². The Hall–Kier alpha value is -3.62. The van der Waals surface area contributed by atoms with Gasteiger partial charge in [0.2, 0.25) is 5.91 Å². The summed E-state index contributed by atoms with van der Waals surface area (Å²) in [7, 11) is 1.52. The first-order valence-electron chi connectivity index (χ1n) is 30.7. The van der Waals surface area contributed by atoms with E-state index in [9.17, 15) is 19.4 Å². The summed E-state index contributed by atoms with van der Waals surface area (Å²) in [5, 5.41) is 13.9. The maximum absolute atomic E-state index is 13.0. The van der Waals surface area contributed by atoms with Gasteiger partial charge in [-0.3, -0.25) is 13.8 Å². The molecule has 0 bridgehead atoms. The summed E-state index contributed by atoms with van der Waals surface area (Å²) in [6.45, 7) is 4.65. The van der Waals surface area contributed by atoms with Crippen LogP contribution in [0.2, 0.25) is 0 Å². The van der Waals surface area contributed by atoms with Gasteiger partial charge in [0.15, 0.2) is 0 Å². The van der Waals surface area contributed by atoms with Crippen LogP contribution in [-0.2, 0) is 18.4 Å². The Bertz CT molecular complexity index is 1760. The highest BCUT2D eigenvalue weighted by molar-refractivity contribution is 7.47. The van der Waals surface area contributed by atoms with Crippen molar-refractivity contribution in [1.82, 2.24) is 5.32 Å². The van der Waals surface area contributed by atoms with Crippen LogP contribution >= 0.6 is 7.82 Å². The van der Waals surface area contributed by atoms with Crippen molar-refractivity contribution in [3.8, 4) is 0 Å². The summed E-state index contributed by atoms with van der Waals surface area (Å²) in [6, 6.07) is -0.888. The summed E-state index contributed by atoms with van der Waals surface area (Å²) in [5.41, 5.74) is 0. The highest BCUT2D eigenvalue weighted by Crippen LogP contribution is 2.43. The van der Waals surface area contributed by atoms with E-state index < -0.39 is 20.0 Å². The number of hydrogen-bond donors (Lipinski definition) is 3. The second-order valence-corrected chi connectivity index (χ2v) is 22.8. The number of unbranched alkanes of at least 4 members (excludes halogenated alkanes) is 19. The summed E-state index contributed by atoms with van der Waals surface area (Å²) < 4.78 is 23.7. The number of aliphatic hydroxyl groups is 1. The lowest BCUT2D eigenvalue weighted by molar-refractivity contribution is -0.870. The summed E-state index contributed by atoms with van der Waals surface area (Å²) in [5.74, 6) is -0.208. The van der Waals surface area contributed by atoms with Crippen LogP contribution in [0.1, 0.15) is 226 Å². The molecule has 0 fully saturated rings. The molecule has 0 aromatic heterocycles. The SMILES string of the molecule is CC/C=C\C/C=C\C/C=C\C/C=C\C/C=C\C/C=C\C/C=C\C/C=C\C/C=C\CCCCCCCCCC(=O)NC(COP(=O)(O)OCC[N+](C)(C)C)C(O)/C=C/CC/C=C/CC/C=C/CCCCCCCCCCCC. The molecule has 0 heterocycles. The normalized spacial score (nSPS) is 14.8. The van der Waals surface area contributed by atoms with Crippen LogP contribution in [0.4, 0.5) is 0 Å². The lowest BCUT2D eigenvalue weighted by Crippen LogP contribution is -2.45. The average molecular weight is 1090 g/mol. The van der Waals surface area contributed by atoms with Crippen molar-refractivity contribution in [3.05, 3.63) is 146 Å². The first kappa shape index (κ1) is 73.4. The second kappa shape index (κ2) is 57.1. The molecule has 3 atom stereocenters. The molecule has 0 radical (unpaired) electrons. The van der Waals surface area contributed by atoms with Crippen LogP contribution in [0, 0.1) is 0 Å². The number of nitrogens with zero attached hydrogens (tertiary/aromatic N) is 1. The predicted octanol–water partition coefficient (Wildman–Crippen LogP) is 19.3. The molecule has 0 saturated carbocycles. The molecule has 0 aliphatic carbocycles. The zero-order valence-electron chi connectivity index (χ0n) is 49.9. The summed E-state index contributed by atoms with van der Waals surface area (Å²) in [4.78, 5) is 23.3. The van der Waals surface area contributed by atoms with Crippen LogP contribution in [0.5, 0.6) is 0 Å². The first-order chi connectivity index (χ1) is 37.5. The number of aliphatic hydroxyl groups excluding tert-OH is 1. The Kier molecular flexibility index (Phi) is 54.4. The maximum Gasteiger partial charge on any atom is 0.472 e. The van der Waals surface area contributed by atoms with E-state index in [2.05, 4.69) is 153 Å². The molecule has 77 heavy (non-hydrogen) atoms. The minimum absolute atomic E-state index is 0.0433. The third-order valence-electron chi connectivity index (χ3n) is 12.8. The Morgan fingerprint density at radius 1 is 0.455 bits per heavy atom. The van der Waals surface area contributed by atoms with Gasteiger partial charge in [0.05, 0.1) is 39.9 Å². The molecule has 0 aliphatic heterocycles. The molecule has 3 unspecified atom stereocenters. The maximum atomic E-state index is 13.0. The van der Waals surface area contributed by atoms with Crippen LogP contribution in [0.3, 0.4) is 0 Å². The number of nitrogens with one attached hydrogen (secondary N) is 1. The van der Waals surface area contributed by atoms with Crippen LogP contribution in [0.15, 0.2) is 146 Å². The topological polar surface area (TPSA) is 105 Å². The minimum atomic E-state index is -4.37. The van der Waals surface area contributed by atoms with Gasteiger partial charge in [-0.15, -0.1) is 0 Å². The fourth-order valence-corrected chi connectivity index (χ4v) is 8.74. The number of hydrogen-bond acceptors (Lipinski definition) is 5. The van der Waals surface area contributed by atoms with Crippen LogP contribution in [0.25, 0.3) is 0 Å². The molecule has 0 rings (SSSR count). The van der Waals surface area contributed by atoms with E-state index in [4.69, 9.17) is 9.05 Å². The van der Waals surface area contributed by atoms with Crippen LogP contribution < -0.4 is 5.32 Å². The van der Waals surface area contributed by atoms with Gasteiger partial charge in [0.1, 0.15) is 13.2 Å². The fourth-order valence-electron chi connectivity index (χ4n) is 8.01.